The minimum atomic E-state index is -1.22. The number of hydrogen-bond acceptors (Lipinski definition) is 0. The molecular weight excluding hydrogens is 345 g/mol. The van der Waals surface area contributed by atoms with Gasteiger partial charge in [0.25, 0.3) is 0 Å². The second kappa shape index (κ2) is 10.5. The maximum Gasteiger partial charge on any atom is 0.108 e. The van der Waals surface area contributed by atoms with Crippen molar-refractivity contribution in [3.8, 4) is 0 Å². The van der Waals surface area contributed by atoms with Gasteiger partial charge in [0.05, 0.1) is 0 Å². The summed E-state index contributed by atoms with van der Waals surface area (Å²) in [4.78, 5) is 0. The van der Waals surface area contributed by atoms with Crippen LogP contribution in [0.5, 0.6) is 0 Å². The summed E-state index contributed by atoms with van der Waals surface area (Å²) < 4.78 is 0. The average molecular weight is 367 g/mol. The van der Waals surface area contributed by atoms with Crippen molar-refractivity contribution in [2.24, 2.45) is 0 Å². The first-order chi connectivity index (χ1) is 12.4. The molecule has 4 rings (SSSR count). The zero-order valence-electron chi connectivity index (χ0n) is 14.1. The molecule has 0 nitrogen and oxygen atoms in total. The standard InChI is InChI=1S/C24H20B.2Na.2H/c1-5-13-21(14-6-1)25(22-15-7-2-8-16-22,23-17-9-3-10-18-23)24-19-11-4-12-20-24;;;;/h1-20H;;;;/q-1;;;;. The molecule has 27 heavy (non-hydrogen) atoms. The SMILES string of the molecule is [NaH].[NaH].c1ccc([B-](c2ccccc2)(c2ccccc2)c2ccccc2)cc1. The third kappa shape index (κ3) is 4.35. The van der Waals surface area contributed by atoms with Crippen molar-refractivity contribution in [3.05, 3.63) is 121 Å². The summed E-state index contributed by atoms with van der Waals surface area (Å²) in [6.45, 7) is 0. The Morgan fingerprint density at radius 2 is 0.481 bits per heavy atom. The summed E-state index contributed by atoms with van der Waals surface area (Å²) in [6, 6.07) is 43.5. The van der Waals surface area contributed by atoms with Crippen LogP contribution in [0, 0.1) is 0 Å². The van der Waals surface area contributed by atoms with E-state index < -0.39 is 6.15 Å². The molecule has 0 N–H and O–H groups in total. The Morgan fingerprint density at radius 1 is 0.296 bits per heavy atom. The van der Waals surface area contributed by atoms with Crippen LogP contribution in [-0.2, 0) is 0 Å². The van der Waals surface area contributed by atoms with Gasteiger partial charge in [0, 0.05) is 0 Å². The molecule has 0 heterocycles. The molecule has 0 amide bonds. The molecule has 124 valence electrons. The Balaban J connectivity index is 0.00000131. The molecule has 0 fully saturated rings. The predicted octanol–water partition coefficient (Wildman–Crippen LogP) is 1.77. The van der Waals surface area contributed by atoms with E-state index in [1.165, 1.54) is 21.9 Å². The molecule has 0 bridgehead atoms. The van der Waals surface area contributed by atoms with Crippen LogP contribution in [0.3, 0.4) is 0 Å². The topological polar surface area (TPSA) is 0 Å². The normalized spacial score (nSPS) is 10.4. The summed E-state index contributed by atoms with van der Waals surface area (Å²) in [5.74, 6) is 0. The molecule has 0 aromatic heterocycles. The molecule has 4 aromatic rings. The van der Waals surface area contributed by atoms with Crippen molar-refractivity contribution in [3.63, 3.8) is 0 Å². The molecule has 4 aromatic carbocycles. The third-order valence-corrected chi connectivity index (χ3v) is 5.20. The second-order valence-electron chi connectivity index (χ2n) is 6.51. The monoisotopic (exact) mass is 367 g/mol. The second-order valence-corrected chi connectivity index (χ2v) is 6.51. The van der Waals surface area contributed by atoms with E-state index in [0.717, 1.165) is 0 Å². The Kier molecular flexibility index (Phi) is 8.63. The minimum Gasteiger partial charge on any atom is -0.195 e. The van der Waals surface area contributed by atoms with E-state index in [4.69, 9.17) is 0 Å². The summed E-state index contributed by atoms with van der Waals surface area (Å²) in [6.07, 6.45) is -1.22. The summed E-state index contributed by atoms with van der Waals surface area (Å²) in [5.41, 5.74) is 5.36. The molecule has 0 unspecified atom stereocenters. The van der Waals surface area contributed by atoms with Crippen LogP contribution in [0.1, 0.15) is 0 Å². The molecule has 0 saturated heterocycles. The number of rotatable bonds is 4. The molecule has 0 saturated carbocycles. The van der Waals surface area contributed by atoms with Crippen molar-refractivity contribution in [1.82, 2.24) is 0 Å². The molecule has 0 spiro atoms. The Labute approximate surface area is 206 Å². The van der Waals surface area contributed by atoms with Crippen LogP contribution < -0.4 is 21.9 Å². The fourth-order valence-electron chi connectivity index (χ4n) is 4.12. The maximum atomic E-state index is 2.26. The summed E-state index contributed by atoms with van der Waals surface area (Å²) in [7, 11) is 0. The summed E-state index contributed by atoms with van der Waals surface area (Å²) >= 11 is 0. The van der Waals surface area contributed by atoms with Crippen molar-refractivity contribution in [2.75, 3.05) is 0 Å². The van der Waals surface area contributed by atoms with E-state index in [1.54, 1.807) is 0 Å². The van der Waals surface area contributed by atoms with Gasteiger partial charge in [0.1, 0.15) is 6.15 Å². The van der Waals surface area contributed by atoms with Crippen LogP contribution in [-0.4, -0.2) is 65.3 Å². The minimum absolute atomic E-state index is 0. The van der Waals surface area contributed by atoms with Gasteiger partial charge in [-0.2, -0.15) is 21.9 Å². The molecule has 0 aliphatic heterocycles. The van der Waals surface area contributed by atoms with Gasteiger partial charge in [-0.05, 0) is 0 Å². The average Bonchev–Trinajstić information content (AvgIpc) is 2.72. The van der Waals surface area contributed by atoms with Gasteiger partial charge >= 0.3 is 59.1 Å². The quantitative estimate of drug-likeness (QED) is 0.483. The van der Waals surface area contributed by atoms with Gasteiger partial charge in [0.15, 0.2) is 0 Å². The zero-order chi connectivity index (χ0) is 17.0. The smallest absolute Gasteiger partial charge is 0.108 e. The van der Waals surface area contributed by atoms with Crippen LogP contribution in [0.2, 0.25) is 0 Å². The molecule has 0 aliphatic rings. The number of hydrogen-bond donors (Lipinski definition) is 0. The molecular formula is C24H22BNa2-. The van der Waals surface area contributed by atoms with E-state index in [-0.39, 0.29) is 59.1 Å². The Hall–Kier alpha value is -1.06. The third-order valence-electron chi connectivity index (χ3n) is 5.20. The van der Waals surface area contributed by atoms with Crippen molar-refractivity contribution in [1.29, 1.82) is 0 Å². The van der Waals surface area contributed by atoms with Gasteiger partial charge in [-0.1, -0.05) is 121 Å². The van der Waals surface area contributed by atoms with E-state index in [2.05, 4.69) is 121 Å². The van der Waals surface area contributed by atoms with Crippen molar-refractivity contribution in [2.45, 2.75) is 0 Å². The first-order valence-corrected chi connectivity index (χ1v) is 8.80. The Morgan fingerprint density at radius 3 is 0.667 bits per heavy atom. The number of benzene rings is 4. The van der Waals surface area contributed by atoms with Crippen LogP contribution in [0.15, 0.2) is 121 Å². The van der Waals surface area contributed by atoms with Gasteiger partial charge in [-0.15, -0.1) is 0 Å². The van der Waals surface area contributed by atoms with Crippen LogP contribution >= 0.6 is 0 Å². The van der Waals surface area contributed by atoms with E-state index in [9.17, 15) is 0 Å². The van der Waals surface area contributed by atoms with Gasteiger partial charge in [-0.3, -0.25) is 0 Å². The van der Waals surface area contributed by atoms with Crippen LogP contribution in [0.4, 0.5) is 0 Å². The van der Waals surface area contributed by atoms with E-state index in [0.29, 0.717) is 0 Å². The van der Waals surface area contributed by atoms with E-state index >= 15 is 0 Å². The maximum absolute atomic E-state index is 2.26. The van der Waals surface area contributed by atoms with Gasteiger partial charge < -0.3 is 0 Å². The predicted molar refractivity (Wildman–Crippen MR) is 124 cm³/mol. The van der Waals surface area contributed by atoms with Gasteiger partial charge in [0.2, 0.25) is 0 Å². The fraction of sp³-hybridized carbons (Fsp3) is 0. The fourth-order valence-corrected chi connectivity index (χ4v) is 4.12. The molecule has 3 heteroatoms. The largest absolute Gasteiger partial charge is 0.195 e. The first-order valence-electron chi connectivity index (χ1n) is 8.80. The molecule has 0 aliphatic carbocycles. The Bertz CT molecular complexity index is 763. The van der Waals surface area contributed by atoms with Crippen molar-refractivity contribution < 1.29 is 0 Å². The van der Waals surface area contributed by atoms with E-state index in [1.807, 2.05) is 0 Å². The first kappa shape index (κ1) is 22.2. The molecule has 0 radical (unpaired) electrons. The van der Waals surface area contributed by atoms with Gasteiger partial charge in [-0.25, -0.2) is 0 Å². The van der Waals surface area contributed by atoms with Crippen molar-refractivity contribution >= 4 is 87.1 Å². The molecule has 0 atom stereocenters. The van der Waals surface area contributed by atoms with Crippen LogP contribution in [0.25, 0.3) is 0 Å². The zero-order valence-corrected chi connectivity index (χ0v) is 14.1. The summed E-state index contributed by atoms with van der Waals surface area (Å²) in [5, 5.41) is 0.